The van der Waals surface area contributed by atoms with Crippen LogP contribution in [0.15, 0.2) is 0 Å². The molecule has 0 spiro atoms. The van der Waals surface area contributed by atoms with Crippen LogP contribution in [0, 0.1) is 10.8 Å². The SMILES string of the molecule is CC(C)(C)C[C](C)(C)[Zn].CC(C)(C)C[C](C)(C)[Zn].CCCCCC[CH](C)[Zn]. The molecule has 1 unspecified atom stereocenters. The predicted octanol–water partition coefficient (Wildman–Crippen LogP) is 9.65. The van der Waals surface area contributed by atoms with E-state index >= 15 is 0 Å². The van der Waals surface area contributed by atoms with E-state index in [2.05, 4.69) is 83.1 Å². The maximum atomic E-state index is 2.35. The molecule has 27 heavy (non-hydrogen) atoms. The van der Waals surface area contributed by atoms with Crippen LogP contribution in [0.2, 0.25) is 12.5 Å². The Bertz CT molecular complexity index is 269. The summed E-state index contributed by atoms with van der Waals surface area (Å²) in [6.07, 6.45) is 9.90. The summed E-state index contributed by atoms with van der Waals surface area (Å²) in [7, 11) is 0. The molecule has 0 saturated heterocycles. The summed E-state index contributed by atoms with van der Waals surface area (Å²) in [5, 5.41) is 0. The summed E-state index contributed by atoms with van der Waals surface area (Å²) in [5.41, 5.74) is 1.03. The van der Waals surface area contributed by atoms with Gasteiger partial charge in [-0.2, -0.15) is 0 Å². The van der Waals surface area contributed by atoms with Crippen molar-refractivity contribution in [2.45, 2.75) is 141 Å². The van der Waals surface area contributed by atoms with Gasteiger partial charge in [0.1, 0.15) is 0 Å². The summed E-state index contributed by atoms with van der Waals surface area (Å²) in [4.78, 5) is 0. The van der Waals surface area contributed by atoms with Gasteiger partial charge in [-0.1, -0.05) is 0 Å². The Morgan fingerprint density at radius 3 is 1.11 bits per heavy atom. The molecule has 0 aliphatic heterocycles. The first-order valence-electron chi connectivity index (χ1n) is 11.2. The topological polar surface area (TPSA) is 0 Å². The van der Waals surface area contributed by atoms with E-state index in [0.29, 0.717) is 18.8 Å². The summed E-state index contributed by atoms with van der Waals surface area (Å²) in [6.45, 7) is 27.9. The molecule has 0 bridgehead atoms. The first-order chi connectivity index (χ1) is 11.7. The van der Waals surface area contributed by atoms with Gasteiger partial charge in [0.25, 0.3) is 0 Å². The van der Waals surface area contributed by atoms with Gasteiger partial charge >= 0.3 is 206 Å². The van der Waals surface area contributed by atoms with Crippen LogP contribution in [0.25, 0.3) is 0 Å². The van der Waals surface area contributed by atoms with Crippen LogP contribution in [0.5, 0.6) is 0 Å². The Morgan fingerprint density at radius 2 is 0.963 bits per heavy atom. The zero-order chi connectivity index (χ0) is 22.5. The molecular formula is C24H51Zn3. The van der Waals surface area contributed by atoms with Crippen LogP contribution in [0.3, 0.4) is 0 Å². The molecular weight excluding hydrogens is 484 g/mol. The van der Waals surface area contributed by atoms with Gasteiger partial charge in [0.15, 0.2) is 0 Å². The average molecular weight is 536 g/mol. The van der Waals surface area contributed by atoms with Gasteiger partial charge in [-0.15, -0.1) is 0 Å². The number of unbranched alkanes of at least 4 members (excludes halogenated alkanes) is 3. The monoisotopic (exact) mass is 531 g/mol. The van der Waals surface area contributed by atoms with Crippen molar-refractivity contribution in [2.75, 3.05) is 0 Å². The maximum absolute atomic E-state index is 2.35. The third kappa shape index (κ3) is 47.2. The molecule has 0 amide bonds. The van der Waals surface area contributed by atoms with Crippen molar-refractivity contribution in [3.8, 4) is 0 Å². The van der Waals surface area contributed by atoms with Crippen molar-refractivity contribution in [3.05, 3.63) is 0 Å². The molecule has 0 fully saturated rings. The molecule has 0 heterocycles. The molecule has 0 aromatic rings. The van der Waals surface area contributed by atoms with E-state index in [1.165, 1.54) is 99.9 Å². The molecule has 0 nitrogen and oxygen atoms in total. The van der Waals surface area contributed by atoms with E-state index in [9.17, 15) is 0 Å². The van der Waals surface area contributed by atoms with Crippen LogP contribution in [0.1, 0.15) is 128 Å². The third-order valence-corrected chi connectivity index (χ3v) is 5.47. The molecule has 0 radical (unpaired) electrons. The minimum absolute atomic E-state index is 0.516. The standard InChI is InChI=1S/3C8H17.3Zn/c2*1-7(2)6-8(3,4)5;1-3-5-7-8-6-4-2;;;/h2*6H2,1-5H3;3H,4-8H2,1-2H3;;;. The molecule has 153 valence electrons. The Balaban J connectivity index is -0.000000320. The van der Waals surface area contributed by atoms with E-state index in [0.717, 1.165) is 4.51 Å². The summed E-state index contributed by atoms with van der Waals surface area (Å²) in [6, 6.07) is 0. The van der Waals surface area contributed by atoms with Crippen LogP contribution in [0.4, 0.5) is 0 Å². The van der Waals surface area contributed by atoms with E-state index in [4.69, 9.17) is 0 Å². The Kier molecular flexibility index (Phi) is 19.4. The van der Waals surface area contributed by atoms with Gasteiger partial charge in [0.2, 0.25) is 0 Å². The van der Waals surface area contributed by atoms with Crippen molar-refractivity contribution in [3.63, 3.8) is 0 Å². The van der Waals surface area contributed by atoms with E-state index in [1.807, 2.05) is 0 Å². The molecule has 0 aliphatic rings. The first kappa shape index (κ1) is 33.5. The van der Waals surface area contributed by atoms with Crippen LogP contribution >= 0.6 is 0 Å². The van der Waals surface area contributed by atoms with Gasteiger partial charge in [-0.05, 0) is 0 Å². The van der Waals surface area contributed by atoms with E-state index in [-0.39, 0.29) is 0 Å². The molecule has 1 atom stereocenters. The van der Waals surface area contributed by atoms with E-state index < -0.39 is 0 Å². The molecule has 0 aromatic carbocycles. The molecule has 0 aromatic heterocycles. The fraction of sp³-hybridized carbons (Fsp3) is 1.00. The zero-order valence-electron chi connectivity index (χ0n) is 21.6. The molecule has 0 aliphatic carbocycles. The van der Waals surface area contributed by atoms with Gasteiger partial charge in [0, 0.05) is 0 Å². The van der Waals surface area contributed by atoms with Crippen molar-refractivity contribution in [2.24, 2.45) is 10.8 Å². The average Bonchev–Trinajstić information content (AvgIpc) is 2.26. The van der Waals surface area contributed by atoms with Crippen LogP contribution in [-0.4, -0.2) is 0 Å². The normalized spacial score (nSPS) is 14.0. The zero-order valence-corrected chi connectivity index (χ0v) is 30.5. The number of rotatable bonds is 7. The second kappa shape index (κ2) is 15.6. The second-order valence-corrected chi connectivity index (χ2v) is 23.7. The quantitative estimate of drug-likeness (QED) is 0.225. The number of hydrogen-bond acceptors (Lipinski definition) is 0. The fourth-order valence-corrected chi connectivity index (χ4v) is 7.54. The van der Waals surface area contributed by atoms with Gasteiger partial charge in [-0.25, -0.2) is 0 Å². The van der Waals surface area contributed by atoms with E-state index in [1.54, 1.807) is 0 Å². The molecule has 3 heteroatoms. The van der Waals surface area contributed by atoms with Crippen LogP contribution in [-0.2, 0) is 54.9 Å². The predicted molar refractivity (Wildman–Crippen MR) is 114 cm³/mol. The number of hydrogen-bond donors (Lipinski definition) is 0. The fourth-order valence-electron chi connectivity index (χ4n) is 3.79. The summed E-state index contributed by atoms with van der Waals surface area (Å²) < 4.78 is 2.25. The molecule has 0 rings (SSSR count). The Hall–Kier alpha value is 1.87. The Morgan fingerprint density at radius 1 is 0.630 bits per heavy atom. The molecule has 0 N–H and O–H groups in total. The summed E-state index contributed by atoms with van der Waals surface area (Å²) in [5.74, 6) is 0. The Labute approximate surface area is 205 Å². The van der Waals surface area contributed by atoms with Crippen LogP contribution < -0.4 is 0 Å². The van der Waals surface area contributed by atoms with Crippen molar-refractivity contribution < 1.29 is 54.9 Å². The minimum atomic E-state index is 0.516. The van der Waals surface area contributed by atoms with Crippen molar-refractivity contribution in [1.82, 2.24) is 0 Å². The van der Waals surface area contributed by atoms with Gasteiger partial charge in [-0.3, -0.25) is 0 Å². The first-order valence-corrected chi connectivity index (χ1v) is 15.9. The van der Waals surface area contributed by atoms with Gasteiger partial charge < -0.3 is 0 Å². The van der Waals surface area contributed by atoms with Crippen molar-refractivity contribution in [1.29, 1.82) is 0 Å². The van der Waals surface area contributed by atoms with Gasteiger partial charge in [0.05, 0.1) is 0 Å². The summed E-state index contributed by atoms with van der Waals surface area (Å²) >= 11 is 4.29. The van der Waals surface area contributed by atoms with Crippen molar-refractivity contribution >= 4 is 0 Å². The third-order valence-electron chi connectivity index (χ3n) is 3.57. The second-order valence-electron chi connectivity index (χ2n) is 12.8. The molecule has 0 saturated carbocycles.